The summed E-state index contributed by atoms with van der Waals surface area (Å²) in [6.45, 7) is 0.505. The van der Waals surface area contributed by atoms with Gasteiger partial charge in [0.1, 0.15) is 24.1 Å². The Labute approximate surface area is 193 Å². The number of ether oxygens (including phenoxy) is 1. The van der Waals surface area contributed by atoms with E-state index in [-0.39, 0.29) is 17.9 Å². The summed E-state index contributed by atoms with van der Waals surface area (Å²) in [7, 11) is 1.41. The molecule has 8 nitrogen and oxygen atoms in total. The van der Waals surface area contributed by atoms with E-state index in [2.05, 4.69) is 25.4 Å². The maximum Gasteiger partial charge on any atom is 0.226 e. The van der Waals surface area contributed by atoms with Crippen LogP contribution in [0.15, 0.2) is 65.7 Å². The minimum absolute atomic E-state index is 0.114. The Bertz CT molecular complexity index is 1420. The molecule has 10 heteroatoms. The number of fused-ring (bicyclic) bond motifs is 1. The smallest absolute Gasteiger partial charge is 0.226 e. The van der Waals surface area contributed by atoms with Gasteiger partial charge in [-0.1, -0.05) is 29.8 Å². The molecular weight excluding hydrogens is 447 g/mol. The van der Waals surface area contributed by atoms with Crippen molar-refractivity contribution in [2.75, 3.05) is 12.4 Å². The van der Waals surface area contributed by atoms with Gasteiger partial charge in [-0.05, 0) is 24.3 Å². The minimum Gasteiger partial charge on any atom is -0.494 e. The number of hydrogen-bond donors (Lipinski definition) is 1. The number of rotatable bonds is 7. The summed E-state index contributed by atoms with van der Waals surface area (Å²) in [6, 6.07) is 12.7. The van der Waals surface area contributed by atoms with Gasteiger partial charge in [0.05, 0.1) is 19.0 Å². The Morgan fingerprint density at radius 3 is 2.82 bits per heavy atom. The van der Waals surface area contributed by atoms with Crippen LogP contribution < -0.4 is 10.1 Å². The van der Waals surface area contributed by atoms with Crippen LogP contribution in [-0.4, -0.2) is 31.8 Å². The molecule has 1 N–H and O–H groups in total. The fourth-order valence-electron chi connectivity index (χ4n) is 3.43. The lowest BCUT2D eigenvalue weighted by molar-refractivity contribution is 0.384. The summed E-state index contributed by atoms with van der Waals surface area (Å²) in [5.41, 5.74) is 2.40. The molecule has 0 saturated carbocycles. The Balaban J connectivity index is 1.37. The van der Waals surface area contributed by atoms with Crippen LogP contribution in [0.5, 0.6) is 5.75 Å². The van der Waals surface area contributed by atoms with E-state index in [9.17, 15) is 4.39 Å². The summed E-state index contributed by atoms with van der Waals surface area (Å²) in [5.74, 6) is 0.661. The lowest BCUT2D eigenvalue weighted by Crippen LogP contribution is -2.06. The quantitative estimate of drug-likeness (QED) is 0.364. The molecule has 5 aromatic rings. The van der Waals surface area contributed by atoms with Crippen molar-refractivity contribution in [3.05, 3.63) is 83.3 Å². The monoisotopic (exact) mass is 464 g/mol. The molecule has 0 aliphatic carbocycles. The second kappa shape index (κ2) is 8.87. The average Bonchev–Trinajstić information content (AvgIpc) is 3.47. The molecule has 5 rings (SSSR count). The first-order valence-corrected chi connectivity index (χ1v) is 10.4. The maximum absolute atomic E-state index is 14.6. The number of nitrogens with one attached hydrogen (secondary N) is 1. The van der Waals surface area contributed by atoms with E-state index >= 15 is 0 Å². The Hall–Kier alpha value is -3.98. The van der Waals surface area contributed by atoms with Gasteiger partial charge in [0.15, 0.2) is 17.2 Å². The molecule has 0 atom stereocenters. The Morgan fingerprint density at radius 2 is 2.00 bits per heavy atom. The SMILES string of the molecule is COc1ccc(Cl)c(CNc2ncnc3nn(Cc4coc(-c5ccccc5)n4)cc23)c1F. The first-order chi connectivity index (χ1) is 16.1. The molecule has 0 radical (unpaired) electrons. The van der Waals surface area contributed by atoms with Gasteiger partial charge >= 0.3 is 0 Å². The Morgan fingerprint density at radius 1 is 1.15 bits per heavy atom. The molecule has 0 spiro atoms. The third kappa shape index (κ3) is 4.22. The largest absolute Gasteiger partial charge is 0.494 e. The molecule has 0 saturated heterocycles. The molecule has 3 heterocycles. The first-order valence-electron chi connectivity index (χ1n) is 10.0. The number of oxazole rings is 1. The second-order valence-corrected chi connectivity index (χ2v) is 7.60. The Kier molecular flexibility index (Phi) is 5.62. The van der Waals surface area contributed by atoms with E-state index in [1.807, 2.05) is 30.3 Å². The number of anilines is 1. The number of aromatic nitrogens is 5. The summed E-state index contributed by atoms with van der Waals surface area (Å²) in [5, 5.41) is 8.59. The van der Waals surface area contributed by atoms with Crippen LogP contribution in [0.4, 0.5) is 10.2 Å². The van der Waals surface area contributed by atoms with Gasteiger partial charge < -0.3 is 14.5 Å². The van der Waals surface area contributed by atoms with E-state index in [1.165, 1.54) is 19.5 Å². The molecule has 0 amide bonds. The van der Waals surface area contributed by atoms with Gasteiger partial charge in [-0.15, -0.1) is 0 Å². The van der Waals surface area contributed by atoms with E-state index < -0.39 is 5.82 Å². The van der Waals surface area contributed by atoms with Gasteiger partial charge in [-0.2, -0.15) is 5.10 Å². The summed E-state index contributed by atoms with van der Waals surface area (Å²) in [4.78, 5) is 13.0. The van der Waals surface area contributed by atoms with E-state index in [0.717, 1.165) is 11.3 Å². The summed E-state index contributed by atoms with van der Waals surface area (Å²) < 4.78 is 26.9. The fourth-order valence-corrected chi connectivity index (χ4v) is 3.65. The third-order valence-electron chi connectivity index (χ3n) is 5.06. The lowest BCUT2D eigenvalue weighted by atomic mass is 10.2. The molecule has 3 aromatic heterocycles. The predicted octanol–water partition coefficient (Wildman–Crippen LogP) is 4.94. The number of nitrogens with zero attached hydrogens (tertiary/aromatic N) is 5. The van der Waals surface area contributed by atoms with Crippen molar-refractivity contribution in [2.45, 2.75) is 13.1 Å². The zero-order chi connectivity index (χ0) is 22.8. The first kappa shape index (κ1) is 20.9. The minimum atomic E-state index is -0.515. The van der Waals surface area contributed by atoms with Crippen LogP contribution in [0.25, 0.3) is 22.5 Å². The van der Waals surface area contributed by atoms with Gasteiger partial charge in [0, 0.05) is 28.9 Å². The molecular formula is C23H18ClFN6O2. The van der Waals surface area contributed by atoms with E-state index in [4.69, 9.17) is 20.8 Å². The average molecular weight is 465 g/mol. The molecule has 0 aliphatic rings. The number of halogens is 2. The molecule has 0 fully saturated rings. The van der Waals surface area contributed by atoms with Crippen molar-refractivity contribution in [2.24, 2.45) is 0 Å². The molecule has 0 unspecified atom stereocenters. The zero-order valence-electron chi connectivity index (χ0n) is 17.5. The van der Waals surface area contributed by atoms with E-state index in [0.29, 0.717) is 34.3 Å². The molecule has 0 bridgehead atoms. The van der Waals surface area contributed by atoms with Crippen molar-refractivity contribution >= 4 is 28.5 Å². The topological polar surface area (TPSA) is 90.9 Å². The van der Waals surface area contributed by atoms with Crippen LogP contribution in [-0.2, 0) is 13.1 Å². The maximum atomic E-state index is 14.6. The highest BCUT2D eigenvalue weighted by molar-refractivity contribution is 6.31. The van der Waals surface area contributed by atoms with Gasteiger partial charge in [0.25, 0.3) is 0 Å². The zero-order valence-corrected chi connectivity index (χ0v) is 18.3. The van der Waals surface area contributed by atoms with Crippen molar-refractivity contribution in [1.29, 1.82) is 0 Å². The number of hydrogen-bond acceptors (Lipinski definition) is 7. The third-order valence-corrected chi connectivity index (χ3v) is 5.42. The fraction of sp³-hybridized carbons (Fsp3) is 0.130. The van der Waals surface area contributed by atoms with Crippen LogP contribution >= 0.6 is 11.6 Å². The molecule has 166 valence electrons. The summed E-state index contributed by atoms with van der Waals surface area (Å²) >= 11 is 6.18. The van der Waals surface area contributed by atoms with Gasteiger partial charge in [-0.3, -0.25) is 4.68 Å². The van der Waals surface area contributed by atoms with Gasteiger partial charge in [0.2, 0.25) is 5.89 Å². The van der Waals surface area contributed by atoms with Crippen molar-refractivity contribution in [1.82, 2.24) is 24.7 Å². The lowest BCUT2D eigenvalue weighted by Gasteiger charge is -2.11. The van der Waals surface area contributed by atoms with Crippen LogP contribution in [0.3, 0.4) is 0 Å². The van der Waals surface area contributed by atoms with Crippen LogP contribution in [0.2, 0.25) is 5.02 Å². The molecule has 2 aromatic carbocycles. The number of benzene rings is 2. The normalized spacial score (nSPS) is 11.1. The van der Waals surface area contributed by atoms with E-state index in [1.54, 1.807) is 23.2 Å². The standard InChI is InChI=1S/C23H18ClFN6O2/c1-32-19-8-7-18(24)16(20(19)25)9-26-21-17-11-31(30-22(17)28-13-27-21)10-15-12-33-23(29-15)14-5-3-2-4-6-14/h2-8,11-13H,9-10H2,1H3,(H,26,27,28,30). The molecule has 33 heavy (non-hydrogen) atoms. The summed E-state index contributed by atoms with van der Waals surface area (Å²) in [6.07, 6.45) is 4.81. The van der Waals surface area contributed by atoms with Gasteiger partial charge in [-0.25, -0.2) is 19.3 Å². The number of methoxy groups -OCH3 is 1. The van der Waals surface area contributed by atoms with Crippen molar-refractivity contribution in [3.8, 4) is 17.2 Å². The highest BCUT2D eigenvalue weighted by Gasteiger charge is 2.15. The second-order valence-electron chi connectivity index (χ2n) is 7.19. The highest BCUT2D eigenvalue weighted by Crippen LogP contribution is 2.28. The molecule has 0 aliphatic heterocycles. The van der Waals surface area contributed by atoms with Crippen LogP contribution in [0.1, 0.15) is 11.3 Å². The van der Waals surface area contributed by atoms with Crippen LogP contribution in [0, 0.1) is 5.82 Å². The highest BCUT2D eigenvalue weighted by atomic mass is 35.5. The van der Waals surface area contributed by atoms with Crippen molar-refractivity contribution < 1.29 is 13.5 Å². The van der Waals surface area contributed by atoms with Crippen molar-refractivity contribution in [3.63, 3.8) is 0 Å². The predicted molar refractivity (Wildman–Crippen MR) is 122 cm³/mol.